The predicted molar refractivity (Wildman–Crippen MR) is 104 cm³/mol. The molecule has 2 atom stereocenters. The van der Waals surface area contributed by atoms with Gasteiger partial charge in [0.15, 0.2) is 0 Å². The van der Waals surface area contributed by atoms with Crippen molar-refractivity contribution in [2.24, 2.45) is 11.8 Å². The Bertz CT molecular complexity index is 901. The molecule has 0 radical (unpaired) electrons. The quantitative estimate of drug-likeness (QED) is 0.770. The van der Waals surface area contributed by atoms with Gasteiger partial charge in [0.05, 0.1) is 16.7 Å². The third-order valence-corrected chi connectivity index (χ3v) is 7.62. The van der Waals surface area contributed by atoms with Crippen LogP contribution in [0, 0.1) is 25.7 Å². The number of carboxylic acid groups (broad SMARTS) is 1. The lowest BCUT2D eigenvalue weighted by Gasteiger charge is -2.37. The maximum Gasteiger partial charge on any atom is 0.307 e. The predicted octanol–water partition coefficient (Wildman–Crippen LogP) is 1.80. The monoisotopic (exact) mass is 406 g/mol. The highest BCUT2D eigenvalue weighted by atomic mass is 32.2. The van der Waals surface area contributed by atoms with Crippen LogP contribution in [0.15, 0.2) is 35.2 Å². The van der Waals surface area contributed by atoms with Gasteiger partial charge in [-0.3, -0.25) is 9.59 Å². The molecule has 0 spiro atoms. The number of rotatable bonds is 4. The van der Waals surface area contributed by atoms with Crippen molar-refractivity contribution in [3.8, 4) is 0 Å². The zero-order chi connectivity index (χ0) is 20.5. The molecule has 1 heterocycles. The molecule has 0 aromatic heterocycles. The molecule has 1 N–H and O–H groups in total. The maximum atomic E-state index is 13.0. The summed E-state index contributed by atoms with van der Waals surface area (Å²) in [6.07, 6.45) is 4.42. The molecule has 1 aliphatic heterocycles. The fraction of sp³-hybridized carbons (Fsp3) is 0.500. The Kier molecular flexibility index (Phi) is 5.90. The van der Waals surface area contributed by atoms with E-state index in [1.54, 1.807) is 30.0 Å². The van der Waals surface area contributed by atoms with Crippen molar-refractivity contribution in [2.45, 2.75) is 31.6 Å². The van der Waals surface area contributed by atoms with Crippen molar-refractivity contribution in [3.63, 3.8) is 0 Å². The molecule has 0 bridgehead atoms. The zero-order valence-electron chi connectivity index (χ0n) is 16.2. The normalized spacial score (nSPS) is 23.6. The van der Waals surface area contributed by atoms with E-state index in [0.29, 0.717) is 23.3 Å². The molecule has 3 rings (SSSR count). The Labute approximate surface area is 165 Å². The van der Waals surface area contributed by atoms with E-state index in [4.69, 9.17) is 0 Å². The third kappa shape index (κ3) is 3.98. The molecule has 8 heteroatoms. The Hall–Kier alpha value is -2.19. The summed E-state index contributed by atoms with van der Waals surface area (Å²) >= 11 is 0. The van der Waals surface area contributed by atoms with E-state index in [1.165, 1.54) is 4.31 Å². The summed E-state index contributed by atoms with van der Waals surface area (Å²) in [5.74, 6) is -2.45. The highest BCUT2D eigenvalue weighted by molar-refractivity contribution is 7.89. The van der Waals surface area contributed by atoms with E-state index >= 15 is 0 Å². The minimum absolute atomic E-state index is 0.194. The topological polar surface area (TPSA) is 95.0 Å². The average Bonchev–Trinajstić information content (AvgIpc) is 2.69. The molecule has 0 unspecified atom stereocenters. The lowest BCUT2D eigenvalue weighted by Crippen LogP contribution is -2.53. The van der Waals surface area contributed by atoms with Crippen LogP contribution in [0.4, 0.5) is 0 Å². The van der Waals surface area contributed by atoms with Crippen LogP contribution in [0.5, 0.6) is 0 Å². The average molecular weight is 407 g/mol. The Morgan fingerprint density at radius 3 is 2.21 bits per heavy atom. The van der Waals surface area contributed by atoms with Gasteiger partial charge in [-0.15, -0.1) is 0 Å². The first-order chi connectivity index (χ1) is 13.2. The van der Waals surface area contributed by atoms with Gasteiger partial charge in [-0.1, -0.05) is 24.3 Å². The molecular formula is C20H26N2O5S. The van der Waals surface area contributed by atoms with Crippen molar-refractivity contribution >= 4 is 21.9 Å². The van der Waals surface area contributed by atoms with Gasteiger partial charge in [0, 0.05) is 26.2 Å². The molecule has 1 aromatic rings. The molecular weight excluding hydrogens is 380 g/mol. The van der Waals surface area contributed by atoms with Crippen molar-refractivity contribution in [1.29, 1.82) is 0 Å². The van der Waals surface area contributed by atoms with Crippen molar-refractivity contribution in [3.05, 3.63) is 41.5 Å². The summed E-state index contributed by atoms with van der Waals surface area (Å²) in [5, 5.41) is 9.39. The number of benzene rings is 1. The summed E-state index contributed by atoms with van der Waals surface area (Å²) in [6.45, 7) is 4.59. The number of aryl methyl sites for hydroxylation is 2. The van der Waals surface area contributed by atoms with Gasteiger partial charge in [0.2, 0.25) is 15.9 Å². The highest BCUT2D eigenvalue weighted by Gasteiger charge is 2.38. The smallest absolute Gasteiger partial charge is 0.307 e. The summed E-state index contributed by atoms with van der Waals surface area (Å²) in [7, 11) is -3.62. The number of allylic oxidation sites excluding steroid dienone is 2. The first-order valence-electron chi connectivity index (χ1n) is 9.46. The van der Waals surface area contributed by atoms with Crippen LogP contribution in [-0.4, -0.2) is 60.8 Å². The van der Waals surface area contributed by atoms with Gasteiger partial charge in [0.25, 0.3) is 0 Å². The van der Waals surface area contributed by atoms with Crippen LogP contribution < -0.4 is 0 Å². The standard InChI is InChI=1S/C20H26N2O5S/c1-14-7-8-15(2)18(13-14)28(26,27)22-11-9-21(10-12-22)19(23)16-5-3-4-6-17(16)20(24)25/h3-4,7-8,13,16-17H,5-6,9-12H2,1-2H3,(H,24,25)/t16-,17-/m0/s1. The van der Waals surface area contributed by atoms with E-state index in [1.807, 2.05) is 19.1 Å². The number of carbonyl (C=O) groups excluding carboxylic acids is 1. The fourth-order valence-corrected chi connectivity index (χ4v) is 5.60. The summed E-state index contributed by atoms with van der Waals surface area (Å²) < 4.78 is 27.4. The first-order valence-corrected chi connectivity index (χ1v) is 10.9. The van der Waals surface area contributed by atoms with Crippen LogP contribution in [0.3, 0.4) is 0 Å². The van der Waals surface area contributed by atoms with Crippen LogP contribution >= 0.6 is 0 Å². The van der Waals surface area contributed by atoms with Crippen LogP contribution in [-0.2, 0) is 19.6 Å². The SMILES string of the molecule is Cc1ccc(C)c(S(=O)(=O)N2CCN(C(=O)[C@H]3CC=CC[C@@H]3C(=O)O)CC2)c1. The van der Waals surface area contributed by atoms with Gasteiger partial charge in [0.1, 0.15) is 0 Å². The number of piperazine rings is 1. The van der Waals surface area contributed by atoms with E-state index in [9.17, 15) is 23.1 Å². The largest absolute Gasteiger partial charge is 0.481 e. The van der Waals surface area contributed by atoms with Gasteiger partial charge in [-0.2, -0.15) is 4.31 Å². The molecule has 2 aliphatic rings. The number of amides is 1. The number of aliphatic carboxylic acids is 1. The third-order valence-electron chi connectivity index (χ3n) is 5.58. The van der Waals surface area contributed by atoms with Crippen LogP contribution in [0.2, 0.25) is 0 Å². The maximum absolute atomic E-state index is 13.0. The summed E-state index contributed by atoms with van der Waals surface area (Å²) in [6, 6.07) is 5.35. The molecule has 0 saturated carbocycles. The first kappa shape index (κ1) is 20.5. The van der Waals surface area contributed by atoms with Crippen molar-refractivity contribution in [1.82, 2.24) is 9.21 Å². The number of carbonyl (C=O) groups is 2. The number of carboxylic acids is 1. The van der Waals surface area contributed by atoms with Crippen LogP contribution in [0.1, 0.15) is 24.0 Å². The number of sulfonamides is 1. The minimum Gasteiger partial charge on any atom is -0.481 e. The van der Waals surface area contributed by atoms with Crippen LogP contribution in [0.25, 0.3) is 0 Å². The van der Waals surface area contributed by atoms with Gasteiger partial charge >= 0.3 is 5.97 Å². The zero-order valence-corrected chi connectivity index (χ0v) is 17.0. The highest BCUT2D eigenvalue weighted by Crippen LogP contribution is 2.29. The lowest BCUT2D eigenvalue weighted by molar-refractivity contribution is -0.151. The molecule has 7 nitrogen and oxygen atoms in total. The lowest BCUT2D eigenvalue weighted by atomic mass is 9.82. The van der Waals surface area contributed by atoms with E-state index in [2.05, 4.69) is 0 Å². The second kappa shape index (κ2) is 8.05. The Balaban J connectivity index is 1.70. The molecule has 1 fully saturated rings. The summed E-state index contributed by atoms with van der Waals surface area (Å²) in [5.41, 5.74) is 1.57. The number of nitrogens with zero attached hydrogens (tertiary/aromatic N) is 2. The van der Waals surface area contributed by atoms with Crippen molar-refractivity contribution < 1.29 is 23.1 Å². The molecule has 152 valence electrons. The molecule has 1 amide bonds. The van der Waals surface area contributed by atoms with Gasteiger partial charge in [-0.05, 0) is 43.9 Å². The second-order valence-corrected chi connectivity index (χ2v) is 9.40. The Morgan fingerprint density at radius 2 is 1.61 bits per heavy atom. The molecule has 28 heavy (non-hydrogen) atoms. The number of hydrogen-bond acceptors (Lipinski definition) is 4. The van der Waals surface area contributed by atoms with E-state index in [-0.39, 0.29) is 32.1 Å². The molecule has 1 aliphatic carbocycles. The van der Waals surface area contributed by atoms with Crippen molar-refractivity contribution in [2.75, 3.05) is 26.2 Å². The van der Waals surface area contributed by atoms with E-state index in [0.717, 1.165) is 5.56 Å². The minimum atomic E-state index is -3.62. The number of hydrogen-bond donors (Lipinski definition) is 1. The van der Waals surface area contributed by atoms with Gasteiger partial charge in [-0.25, -0.2) is 8.42 Å². The summed E-state index contributed by atoms with van der Waals surface area (Å²) in [4.78, 5) is 26.2. The van der Waals surface area contributed by atoms with E-state index < -0.39 is 27.8 Å². The molecule has 1 aromatic carbocycles. The van der Waals surface area contributed by atoms with Gasteiger partial charge < -0.3 is 10.0 Å². The molecule has 1 saturated heterocycles. The fourth-order valence-electron chi connectivity index (χ4n) is 3.87. The Morgan fingerprint density at radius 1 is 1.00 bits per heavy atom. The second-order valence-electron chi connectivity index (χ2n) is 7.49.